The molecule has 166 valence electrons. The van der Waals surface area contributed by atoms with Gasteiger partial charge < -0.3 is 8.83 Å². The highest BCUT2D eigenvalue weighted by Crippen LogP contribution is 2.37. The van der Waals surface area contributed by atoms with Crippen molar-refractivity contribution in [1.29, 1.82) is 0 Å². The SMILES string of the molecule is O=S(=O)(O)c1c(-c2ccc(-c3ccc(-c4cc5ccccc5o4)cc3)cc2)oc2ccccc12. The van der Waals surface area contributed by atoms with E-state index >= 15 is 0 Å². The molecular formula is C28H18O5S. The van der Waals surface area contributed by atoms with Crippen molar-refractivity contribution in [2.45, 2.75) is 4.90 Å². The molecule has 0 saturated heterocycles. The maximum Gasteiger partial charge on any atom is 0.299 e. The van der Waals surface area contributed by atoms with Crippen LogP contribution in [0.4, 0.5) is 0 Å². The van der Waals surface area contributed by atoms with Gasteiger partial charge in [-0.05, 0) is 35.4 Å². The highest BCUT2D eigenvalue weighted by Gasteiger charge is 2.25. The Kier molecular flexibility index (Phi) is 4.65. The summed E-state index contributed by atoms with van der Waals surface area (Å²) in [6, 6.07) is 32.1. The fraction of sp³-hybridized carbons (Fsp3) is 0. The lowest BCUT2D eigenvalue weighted by molar-refractivity contribution is 0.482. The number of furan rings is 2. The first kappa shape index (κ1) is 20.5. The average molecular weight is 467 g/mol. The van der Waals surface area contributed by atoms with Crippen LogP contribution in [0.3, 0.4) is 0 Å². The van der Waals surface area contributed by atoms with E-state index in [0.29, 0.717) is 16.5 Å². The van der Waals surface area contributed by atoms with E-state index in [9.17, 15) is 13.0 Å². The lowest BCUT2D eigenvalue weighted by atomic mass is 10.0. The van der Waals surface area contributed by atoms with Crippen LogP contribution in [0, 0.1) is 0 Å². The molecule has 0 fully saturated rings. The molecule has 6 aromatic rings. The van der Waals surface area contributed by atoms with Crippen LogP contribution in [0.15, 0.2) is 117 Å². The minimum Gasteiger partial charge on any atom is -0.456 e. The predicted molar refractivity (Wildman–Crippen MR) is 132 cm³/mol. The minimum atomic E-state index is -4.47. The zero-order valence-electron chi connectivity index (χ0n) is 17.8. The second kappa shape index (κ2) is 7.73. The number of benzene rings is 4. The molecule has 6 rings (SSSR count). The number of fused-ring (bicyclic) bond motifs is 2. The molecule has 0 aliphatic rings. The monoisotopic (exact) mass is 466 g/mol. The van der Waals surface area contributed by atoms with Crippen molar-refractivity contribution in [2.24, 2.45) is 0 Å². The number of hydrogen-bond donors (Lipinski definition) is 1. The first-order valence-electron chi connectivity index (χ1n) is 10.7. The van der Waals surface area contributed by atoms with Gasteiger partial charge in [0.05, 0.1) is 0 Å². The number of rotatable bonds is 4. The van der Waals surface area contributed by atoms with Crippen molar-refractivity contribution < 1.29 is 21.8 Å². The Morgan fingerprint density at radius 2 is 1.15 bits per heavy atom. The maximum absolute atomic E-state index is 12.1. The molecule has 1 N–H and O–H groups in total. The van der Waals surface area contributed by atoms with Crippen molar-refractivity contribution in [3.8, 4) is 33.8 Å². The Morgan fingerprint density at radius 3 is 1.79 bits per heavy atom. The van der Waals surface area contributed by atoms with E-state index in [2.05, 4.69) is 0 Å². The third-order valence-electron chi connectivity index (χ3n) is 5.88. The highest BCUT2D eigenvalue weighted by atomic mass is 32.2. The quantitative estimate of drug-likeness (QED) is 0.273. The first-order chi connectivity index (χ1) is 16.5. The Balaban J connectivity index is 1.34. The van der Waals surface area contributed by atoms with Crippen molar-refractivity contribution in [1.82, 2.24) is 0 Å². The van der Waals surface area contributed by atoms with E-state index in [0.717, 1.165) is 33.4 Å². The molecule has 2 heterocycles. The van der Waals surface area contributed by atoms with E-state index in [-0.39, 0.29) is 10.7 Å². The van der Waals surface area contributed by atoms with E-state index in [1.54, 1.807) is 36.4 Å². The fourth-order valence-corrected chi connectivity index (χ4v) is 5.07. The lowest BCUT2D eigenvalue weighted by Gasteiger charge is -2.05. The molecule has 2 aromatic heterocycles. The molecule has 0 amide bonds. The van der Waals surface area contributed by atoms with E-state index in [4.69, 9.17) is 8.83 Å². The van der Waals surface area contributed by atoms with Gasteiger partial charge in [0.2, 0.25) is 0 Å². The predicted octanol–water partition coefficient (Wildman–Crippen LogP) is 7.43. The second-order valence-corrected chi connectivity index (χ2v) is 9.39. The van der Waals surface area contributed by atoms with Gasteiger partial charge in [-0.3, -0.25) is 4.55 Å². The summed E-state index contributed by atoms with van der Waals surface area (Å²) in [6.07, 6.45) is 0. The summed E-state index contributed by atoms with van der Waals surface area (Å²) in [4.78, 5) is -0.217. The summed E-state index contributed by atoms with van der Waals surface area (Å²) in [5.41, 5.74) is 4.76. The van der Waals surface area contributed by atoms with Gasteiger partial charge in [0, 0.05) is 21.9 Å². The Hall–Kier alpha value is -4.13. The molecular weight excluding hydrogens is 448 g/mol. The third-order valence-corrected chi connectivity index (χ3v) is 6.80. The maximum atomic E-state index is 12.1. The third kappa shape index (κ3) is 3.50. The van der Waals surface area contributed by atoms with Crippen molar-refractivity contribution >= 4 is 32.1 Å². The van der Waals surface area contributed by atoms with Gasteiger partial charge in [-0.25, -0.2) is 0 Å². The molecule has 0 bridgehead atoms. The van der Waals surface area contributed by atoms with Crippen LogP contribution in [0.25, 0.3) is 55.7 Å². The molecule has 0 atom stereocenters. The van der Waals surface area contributed by atoms with Crippen LogP contribution in [0.2, 0.25) is 0 Å². The van der Waals surface area contributed by atoms with Crippen molar-refractivity contribution in [2.75, 3.05) is 0 Å². The molecule has 0 aliphatic carbocycles. The molecule has 5 nitrogen and oxygen atoms in total. The van der Waals surface area contributed by atoms with Crippen LogP contribution in [-0.4, -0.2) is 13.0 Å². The smallest absolute Gasteiger partial charge is 0.299 e. The van der Waals surface area contributed by atoms with Gasteiger partial charge in [0.1, 0.15) is 21.8 Å². The van der Waals surface area contributed by atoms with Gasteiger partial charge >= 0.3 is 0 Å². The van der Waals surface area contributed by atoms with Crippen LogP contribution >= 0.6 is 0 Å². The Labute approximate surface area is 195 Å². The topological polar surface area (TPSA) is 80.7 Å². The van der Waals surface area contributed by atoms with Crippen molar-refractivity contribution in [3.63, 3.8) is 0 Å². The number of hydrogen-bond acceptors (Lipinski definition) is 4. The Morgan fingerprint density at radius 1 is 0.588 bits per heavy atom. The molecule has 0 saturated carbocycles. The summed E-state index contributed by atoms with van der Waals surface area (Å²) in [7, 11) is -4.47. The zero-order valence-corrected chi connectivity index (χ0v) is 18.6. The van der Waals surface area contributed by atoms with Crippen molar-refractivity contribution in [3.05, 3.63) is 103 Å². The molecule has 0 radical (unpaired) electrons. The molecule has 0 spiro atoms. The summed E-state index contributed by atoms with van der Waals surface area (Å²) in [5, 5.41) is 1.41. The Bertz CT molecular complexity index is 1720. The second-order valence-electron chi connectivity index (χ2n) is 8.03. The molecule has 4 aromatic carbocycles. The summed E-state index contributed by atoms with van der Waals surface area (Å²) < 4.78 is 45.7. The highest BCUT2D eigenvalue weighted by molar-refractivity contribution is 7.86. The first-order valence-corrected chi connectivity index (χ1v) is 12.1. The molecule has 0 unspecified atom stereocenters. The molecule has 0 aliphatic heterocycles. The van der Waals surface area contributed by atoms with Crippen LogP contribution in [0.5, 0.6) is 0 Å². The number of para-hydroxylation sites is 2. The zero-order chi connectivity index (χ0) is 23.3. The standard InChI is InChI=1S/C28H18O5S/c29-34(30,31)28-23-6-2-4-8-25(23)33-27(28)21-15-11-19(12-16-21)18-9-13-20(14-10-18)26-17-22-5-1-3-7-24(22)32-26/h1-17H,(H,29,30,31). The van der Waals surface area contributed by atoms with Gasteiger partial charge in [0.25, 0.3) is 10.1 Å². The lowest BCUT2D eigenvalue weighted by Crippen LogP contribution is -1.98. The van der Waals surface area contributed by atoms with E-state index in [1.807, 2.05) is 66.7 Å². The van der Waals surface area contributed by atoms with Gasteiger partial charge in [-0.1, -0.05) is 78.9 Å². The minimum absolute atomic E-state index is 0.121. The van der Waals surface area contributed by atoms with Crippen LogP contribution in [0.1, 0.15) is 0 Å². The van der Waals surface area contributed by atoms with Crippen LogP contribution < -0.4 is 0 Å². The average Bonchev–Trinajstić information content (AvgIpc) is 3.46. The largest absolute Gasteiger partial charge is 0.456 e. The van der Waals surface area contributed by atoms with E-state index < -0.39 is 10.1 Å². The van der Waals surface area contributed by atoms with Gasteiger partial charge in [0.15, 0.2) is 5.76 Å². The normalized spacial score (nSPS) is 11.9. The molecule has 6 heteroatoms. The summed E-state index contributed by atoms with van der Waals surface area (Å²) in [5.74, 6) is 0.932. The van der Waals surface area contributed by atoms with Gasteiger partial charge in [-0.2, -0.15) is 8.42 Å². The summed E-state index contributed by atoms with van der Waals surface area (Å²) >= 11 is 0. The van der Waals surface area contributed by atoms with Crippen LogP contribution in [-0.2, 0) is 10.1 Å². The fourth-order valence-electron chi connectivity index (χ4n) is 4.23. The van der Waals surface area contributed by atoms with E-state index in [1.165, 1.54) is 0 Å². The molecule has 34 heavy (non-hydrogen) atoms. The summed E-state index contributed by atoms with van der Waals surface area (Å²) in [6.45, 7) is 0. The van der Waals surface area contributed by atoms with Gasteiger partial charge in [-0.15, -0.1) is 0 Å².